The minimum Gasteiger partial charge on any atom is -0.325 e. The fourth-order valence-electron chi connectivity index (χ4n) is 2.53. The lowest BCUT2D eigenvalue weighted by Crippen LogP contribution is -2.23. The van der Waals surface area contributed by atoms with Gasteiger partial charge in [0.2, 0.25) is 11.1 Å². The number of para-hydroxylation sites is 1. The molecule has 0 radical (unpaired) electrons. The molecule has 2 N–H and O–H groups in total. The average molecular weight is 387 g/mol. The summed E-state index contributed by atoms with van der Waals surface area (Å²) in [6.07, 6.45) is 1.03. The molecule has 0 aliphatic heterocycles. The highest BCUT2D eigenvalue weighted by molar-refractivity contribution is 8.00. The van der Waals surface area contributed by atoms with E-state index in [2.05, 4.69) is 40.4 Å². The van der Waals surface area contributed by atoms with Gasteiger partial charge in [-0.15, -0.1) is 16.4 Å². The highest BCUT2D eigenvalue weighted by Crippen LogP contribution is 2.29. The molecule has 1 aromatic carbocycles. The smallest absolute Gasteiger partial charge is 0.237 e. The number of carbonyl (C=O) groups excluding carboxylic acids is 1. The molecule has 0 saturated carbocycles. The maximum absolute atomic E-state index is 12.6. The third-order valence-electron chi connectivity index (χ3n) is 4.23. The van der Waals surface area contributed by atoms with E-state index in [0.29, 0.717) is 11.1 Å². The zero-order chi connectivity index (χ0) is 18.5. The summed E-state index contributed by atoms with van der Waals surface area (Å²) in [5.74, 6) is 1.08. The lowest BCUT2D eigenvalue weighted by molar-refractivity contribution is -0.115. The quantitative estimate of drug-likeness (QED) is 0.550. The van der Waals surface area contributed by atoms with E-state index in [1.165, 1.54) is 17.3 Å². The third-order valence-corrected chi connectivity index (χ3v) is 6.07. The van der Waals surface area contributed by atoms with Crippen molar-refractivity contribution in [1.82, 2.24) is 15.2 Å². The largest absolute Gasteiger partial charge is 0.325 e. The molecule has 0 fully saturated rings. The van der Waals surface area contributed by atoms with Crippen LogP contribution in [0.5, 0.6) is 0 Å². The van der Waals surface area contributed by atoms with E-state index in [1.54, 1.807) is 11.3 Å². The van der Waals surface area contributed by atoms with Crippen LogP contribution in [0, 0.1) is 0 Å². The summed E-state index contributed by atoms with van der Waals surface area (Å²) in [5, 5.41) is 12.5. The Bertz CT molecular complexity index is 860. The molecule has 0 aliphatic carbocycles. The number of hydrogen-bond acceptors (Lipinski definition) is 5. The van der Waals surface area contributed by atoms with Crippen LogP contribution in [0.1, 0.15) is 38.7 Å². The van der Waals surface area contributed by atoms with E-state index in [-0.39, 0.29) is 11.2 Å². The first kappa shape index (κ1) is 18.7. The molecule has 2 heterocycles. The Hall–Kier alpha value is -2.12. The van der Waals surface area contributed by atoms with E-state index in [0.717, 1.165) is 22.8 Å². The van der Waals surface area contributed by atoms with Gasteiger partial charge in [-0.1, -0.05) is 49.9 Å². The number of thiophene rings is 1. The van der Waals surface area contributed by atoms with Gasteiger partial charge in [-0.25, -0.2) is 4.98 Å². The van der Waals surface area contributed by atoms with Gasteiger partial charge in [-0.2, -0.15) is 0 Å². The van der Waals surface area contributed by atoms with Crippen LogP contribution in [-0.4, -0.2) is 26.3 Å². The summed E-state index contributed by atoms with van der Waals surface area (Å²) in [4.78, 5) is 18.1. The second kappa shape index (κ2) is 8.51. The van der Waals surface area contributed by atoms with Crippen LogP contribution in [0.15, 0.2) is 46.9 Å². The van der Waals surface area contributed by atoms with Crippen LogP contribution in [0.25, 0.3) is 10.7 Å². The summed E-state index contributed by atoms with van der Waals surface area (Å²) in [5.41, 5.74) is 2.05. The normalized spacial score (nSPS) is 13.3. The van der Waals surface area contributed by atoms with E-state index >= 15 is 0 Å². The molecule has 0 aliphatic rings. The van der Waals surface area contributed by atoms with Gasteiger partial charge in [0.25, 0.3) is 0 Å². The topological polar surface area (TPSA) is 70.7 Å². The number of anilines is 1. The van der Waals surface area contributed by atoms with Crippen LogP contribution in [0.4, 0.5) is 5.69 Å². The van der Waals surface area contributed by atoms with Crippen LogP contribution >= 0.6 is 23.1 Å². The molecule has 2 aromatic heterocycles. The van der Waals surface area contributed by atoms with Crippen molar-refractivity contribution in [3.8, 4) is 10.7 Å². The van der Waals surface area contributed by atoms with Gasteiger partial charge in [-0.05, 0) is 42.3 Å². The van der Waals surface area contributed by atoms with Crippen molar-refractivity contribution in [1.29, 1.82) is 0 Å². The van der Waals surface area contributed by atoms with Crippen molar-refractivity contribution in [2.24, 2.45) is 0 Å². The number of benzene rings is 1. The lowest BCUT2D eigenvalue weighted by atomic mass is 9.97. The molecule has 0 spiro atoms. The highest BCUT2D eigenvalue weighted by atomic mass is 32.2. The second-order valence-corrected chi connectivity index (χ2v) is 8.35. The van der Waals surface area contributed by atoms with Gasteiger partial charge in [0, 0.05) is 5.69 Å². The van der Waals surface area contributed by atoms with Gasteiger partial charge in [0.1, 0.15) is 0 Å². The van der Waals surface area contributed by atoms with Crippen molar-refractivity contribution in [2.45, 2.75) is 43.5 Å². The Kier molecular flexibility index (Phi) is 6.11. The minimum absolute atomic E-state index is 0.0479. The summed E-state index contributed by atoms with van der Waals surface area (Å²) in [6.45, 7) is 6.19. The molecule has 7 heteroatoms. The number of thioether (sulfide) groups is 1. The SMILES string of the molecule is CC[C@H](C)c1ccccc1NC(=O)[C@@H](C)Sc1n[nH]c(-c2cccs2)n1. The molecule has 0 unspecified atom stereocenters. The Morgan fingerprint density at radius 1 is 1.27 bits per heavy atom. The predicted octanol–water partition coefficient (Wildman–Crippen LogP) is 5.17. The van der Waals surface area contributed by atoms with Gasteiger partial charge < -0.3 is 5.32 Å². The highest BCUT2D eigenvalue weighted by Gasteiger charge is 2.19. The molecule has 3 rings (SSSR count). The van der Waals surface area contributed by atoms with Crippen LogP contribution in [-0.2, 0) is 4.79 Å². The molecule has 0 bridgehead atoms. The Balaban J connectivity index is 1.66. The van der Waals surface area contributed by atoms with Crippen molar-refractivity contribution in [2.75, 3.05) is 5.32 Å². The molecule has 1 amide bonds. The number of carbonyl (C=O) groups is 1. The molecule has 5 nitrogen and oxygen atoms in total. The Morgan fingerprint density at radius 2 is 2.08 bits per heavy atom. The monoisotopic (exact) mass is 386 g/mol. The first-order chi connectivity index (χ1) is 12.6. The van der Waals surface area contributed by atoms with Crippen molar-refractivity contribution in [3.63, 3.8) is 0 Å². The number of H-pyrrole nitrogens is 1. The molecular weight excluding hydrogens is 364 g/mol. The Morgan fingerprint density at radius 3 is 2.81 bits per heavy atom. The molecule has 2 atom stereocenters. The van der Waals surface area contributed by atoms with E-state index < -0.39 is 0 Å². The average Bonchev–Trinajstić information content (AvgIpc) is 3.33. The van der Waals surface area contributed by atoms with E-state index in [4.69, 9.17) is 0 Å². The molecule has 0 saturated heterocycles. The minimum atomic E-state index is -0.299. The van der Waals surface area contributed by atoms with Gasteiger partial charge in [0.05, 0.1) is 10.1 Å². The fourth-order valence-corrected chi connectivity index (χ4v) is 3.92. The van der Waals surface area contributed by atoms with Gasteiger partial charge in [-0.3, -0.25) is 9.89 Å². The first-order valence-electron chi connectivity index (χ1n) is 8.61. The van der Waals surface area contributed by atoms with Gasteiger partial charge in [0.15, 0.2) is 5.82 Å². The van der Waals surface area contributed by atoms with Crippen molar-refractivity contribution >= 4 is 34.7 Å². The maximum Gasteiger partial charge on any atom is 0.237 e. The predicted molar refractivity (Wildman–Crippen MR) is 109 cm³/mol. The summed E-state index contributed by atoms with van der Waals surface area (Å²) >= 11 is 2.95. The van der Waals surface area contributed by atoms with Crippen LogP contribution < -0.4 is 5.32 Å². The van der Waals surface area contributed by atoms with Crippen LogP contribution in [0.3, 0.4) is 0 Å². The summed E-state index contributed by atoms with van der Waals surface area (Å²) in [6, 6.07) is 11.9. The number of aromatic amines is 1. The molecular formula is C19H22N4OS2. The number of rotatable bonds is 7. The summed E-state index contributed by atoms with van der Waals surface area (Å²) < 4.78 is 0. The standard InChI is InChI=1S/C19H22N4OS2/c1-4-12(2)14-8-5-6-9-15(14)20-18(24)13(3)26-19-21-17(22-23-19)16-10-7-11-25-16/h5-13H,4H2,1-3H3,(H,20,24)(H,21,22,23)/t12-,13+/m0/s1. The van der Waals surface area contributed by atoms with Crippen molar-refractivity contribution in [3.05, 3.63) is 47.3 Å². The molecule has 26 heavy (non-hydrogen) atoms. The number of nitrogens with zero attached hydrogens (tertiary/aromatic N) is 2. The number of nitrogens with one attached hydrogen (secondary N) is 2. The number of aromatic nitrogens is 3. The third kappa shape index (κ3) is 4.34. The summed E-state index contributed by atoms with van der Waals surface area (Å²) in [7, 11) is 0. The first-order valence-corrected chi connectivity index (χ1v) is 10.4. The number of hydrogen-bond donors (Lipinski definition) is 2. The van der Waals surface area contributed by atoms with E-state index in [9.17, 15) is 4.79 Å². The maximum atomic E-state index is 12.6. The zero-order valence-electron chi connectivity index (χ0n) is 15.0. The fraction of sp³-hybridized carbons (Fsp3) is 0.316. The van der Waals surface area contributed by atoms with E-state index in [1.807, 2.05) is 42.6 Å². The number of amides is 1. The molecule has 136 valence electrons. The van der Waals surface area contributed by atoms with Gasteiger partial charge >= 0.3 is 0 Å². The zero-order valence-corrected chi connectivity index (χ0v) is 16.7. The van der Waals surface area contributed by atoms with Crippen molar-refractivity contribution < 1.29 is 4.79 Å². The lowest BCUT2D eigenvalue weighted by Gasteiger charge is -2.17. The van der Waals surface area contributed by atoms with Crippen LogP contribution in [0.2, 0.25) is 0 Å². The Labute approximate surface area is 161 Å². The molecule has 3 aromatic rings. The second-order valence-electron chi connectivity index (χ2n) is 6.09.